The Bertz CT molecular complexity index is 647. The largest absolute Gasteiger partial charge is 0.399 e. The maximum absolute atomic E-state index is 13.5. The van der Waals surface area contributed by atoms with Gasteiger partial charge in [-0.1, -0.05) is 0 Å². The third kappa shape index (κ3) is 3.08. The lowest BCUT2D eigenvalue weighted by molar-refractivity contribution is 0.102. The van der Waals surface area contributed by atoms with Crippen LogP contribution in [-0.2, 0) is 0 Å². The monoisotopic (exact) mass is 326 g/mol. The third-order valence-electron chi connectivity index (χ3n) is 2.41. The molecular weight excluding hydrogens is 318 g/mol. The summed E-state index contributed by atoms with van der Waals surface area (Å²) in [6.07, 6.45) is 0. The van der Waals surface area contributed by atoms with Crippen LogP contribution in [0.2, 0.25) is 0 Å². The molecule has 1 amide bonds. The Morgan fingerprint density at radius 3 is 2.58 bits per heavy atom. The van der Waals surface area contributed by atoms with Crippen molar-refractivity contribution in [3.8, 4) is 0 Å². The van der Waals surface area contributed by atoms with E-state index in [0.29, 0.717) is 4.47 Å². The molecule has 3 nitrogen and oxygen atoms in total. The lowest BCUT2D eigenvalue weighted by Crippen LogP contribution is -2.14. The van der Waals surface area contributed by atoms with Gasteiger partial charge in [0.1, 0.15) is 11.6 Å². The number of nitrogens with one attached hydrogen (secondary N) is 1. The summed E-state index contributed by atoms with van der Waals surface area (Å²) in [4.78, 5) is 11.9. The number of benzene rings is 2. The third-order valence-corrected chi connectivity index (χ3v) is 3.11. The smallest absolute Gasteiger partial charge is 0.256 e. The maximum atomic E-state index is 13.5. The summed E-state index contributed by atoms with van der Waals surface area (Å²) in [6.45, 7) is 0. The van der Waals surface area contributed by atoms with E-state index in [9.17, 15) is 13.6 Å². The molecule has 0 fully saturated rings. The van der Waals surface area contributed by atoms with Crippen LogP contribution in [0.5, 0.6) is 0 Å². The Morgan fingerprint density at radius 2 is 1.89 bits per heavy atom. The van der Waals surface area contributed by atoms with E-state index in [4.69, 9.17) is 5.73 Å². The summed E-state index contributed by atoms with van der Waals surface area (Å²) in [5.74, 6) is -1.82. The van der Waals surface area contributed by atoms with Gasteiger partial charge in [-0.3, -0.25) is 4.79 Å². The van der Waals surface area contributed by atoms with E-state index >= 15 is 0 Å². The number of halogens is 3. The molecule has 0 spiro atoms. The molecular formula is C13H9BrF2N2O. The molecule has 0 bridgehead atoms. The lowest BCUT2D eigenvalue weighted by atomic mass is 10.2. The SMILES string of the molecule is Nc1ccc(NC(=O)c2cc(F)ccc2Br)c(F)c1. The Morgan fingerprint density at radius 1 is 1.16 bits per heavy atom. The van der Waals surface area contributed by atoms with Crippen LogP contribution in [0.1, 0.15) is 10.4 Å². The van der Waals surface area contributed by atoms with Crippen molar-refractivity contribution < 1.29 is 13.6 Å². The first-order valence-electron chi connectivity index (χ1n) is 5.29. The van der Waals surface area contributed by atoms with E-state index in [1.807, 2.05) is 0 Å². The van der Waals surface area contributed by atoms with Crippen LogP contribution in [0.3, 0.4) is 0 Å². The number of hydrogen-bond acceptors (Lipinski definition) is 2. The molecule has 0 saturated heterocycles. The van der Waals surface area contributed by atoms with Crippen LogP contribution in [-0.4, -0.2) is 5.91 Å². The number of rotatable bonds is 2. The average Bonchev–Trinajstić information content (AvgIpc) is 2.35. The molecule has 0 radical (unpaired) electrons. The molecule has 2 aromatic rings. The summed E-state index contributed by atoms with van der Waals surface area (Å²) in [5.41, 5.74) is 5.72. The quantitative estimate of drug-likeness (QED) is 0.829. The summed E-state index contributed by atoms with van der Waals surface area (Å²) in [5, 5.41) is 2.36. The Kier molecular flexibility index (Phi) is 3.80. The van der Waals surface area contributed by atoms with Gasteiger partial charge in [-0.2, -0.15) is 0 Å². The number of hydrogen-bond donors (Lipinski definition) is 2. The highest BCUT2D eigenvalue weighted by Gasteiger charge is 2.13. The number of nitrogen functional groups attached to an aromatic ring is 1. The van der Waals surface area contributed by atoms with Gasteiger partial charge >= 0.3 is 0 Å². The number of carbonyl (C=O) groups excluding carboxylic acids is 1. The van der Waals surface area contributed by atoms with Gasteiger partial charge in [-0.25, -0.2) is 8.78 Å². The Labute approximate surface area is 116 Å². The van der Waals surface area contributed by atoms with Crippen LogP contribution >= 0.6 is 15.9 Å². The van der Waals surface area contributed by atoms with Crippen LogP contribution < -0.4 is 11.1 Å². The van der Waals surface area contributed by atoms with Gasteiger partial charge in [0, 0.05) is 10.2 Å². The van der Waals surface area contributed by atoms with Crippen molar-refractivity contribution in [2.75, 3.05) is 11.1 Å². The second-order valence-corrected chi connectivity index (χ2v) is 4.67. The number of amides is 1. The highest BCUT2D eigenvalue weighted by atomic mass is 79.9. The minimum atomic E-state index is -0.652. The molecule has 0 unspecified atom stereocenters. The summed E-state index contributed by atoms with van der Waals surface area (Å²) >= 11 is 3.13. The molecule has 0 aliphatic rings. The first-order chi connectivity index (χ1) is 8.97. The van der Waals surface area contributed by atoms with E-state index in [1.165, 1.54) is 24.3 Å². The predicted octanol–water partition coefficient (Wildman–Crippen LogP) is 3.56. The van der Waals surface area contributed by atoms with Gasteiger partial charge in [-0.05, 0) is 52.3 Å². The molecule has 3 N–H and O–H groups in total. The molecule has 6 heteroatoms. The van der Waals surface area contributed by atoms with Crippen molar-refractivity contribution in [1.82, 2.24) is 0 Å². The number of nitrogens with two attached hydrogens (primary N) is 1. The average molecular weight is 327 g/mol. The van der Waals surface area contributed by atoms with Gasteiger partial charge in [0.25, 0.3) is 5.91 Å². The zero-order chi connectivity index (χ0) is 14.0. The molecule has 0 aliphatic carbocycles. The summed E-state index contributed by atoms with van der Waals surface area (Å²) < 4.78 is 27.0. The molecule has 0 aliphatic heterocycles. The normalized spacial score (nSPS) is 10.3. The summed E-state index contributed by atoms with van der Waals surface area (Å²) in [7, 11) is 0. The van der Waals surface area contributed by atoms with Crippen molar-refractivity contribution in [2.45, 2.75) is 0 Å². The van der Waals surface area contributed by atoms with Crippen LogP contribution in [0.15, 0.2) is 40.9 Å². The lowest BCUT2D eigenvalue weighted by Gasteiger charge is -2.08. The van der Waals surface area contributed by atoms with E-state index in [1.54, 1.807) is 0 Å². The van der Waals surface area contributed by atoms with E-state index in [0.717, 1.165) is 12.1 Å². The second kappa shape index (κ2) is 5.36. The highest BCUT2D eigenvalue weighted by Crippen LogP contribution is 2.21. The van der Waals surface area contributed by atoms with Gasteiger partial charge < -0.3 is 11.1 Å². The molecule has 19 heavy (non-hydrogen) atoms. The molecule has 0 saturated carbocycles. The number of anilines is 2. The molecule has 98 valence electrons. The standard InChI is InChI=1S/C13H9BrF2N2O/c14-10-3-1-7(15)5-9(10)13(19)18-12-4-2-8(17)6-11(12)16/h1-6H,17H2,(H,18,19). The van der Waals surface area contributed by atoms with E-state index in [-0.39, 0.29) is 16.9 Å². The van der Waals surface area contributed by atoms with Gasteiger partial charge in [0.15, 0.2) is 0 Å². The topological polar surface area (TPSA) is 55.1 Å². The number of carbonyl (C=O) groups is 1. The molecule has 2 rings (SSSR count). The van der Waals surface area contributed by atoms with Gasteiger partial charge in [-0.15, -0.1) is 0 Å². The molecule has 2 aromatic carbocycles. The van der Waals surface area contributed by atoms with Crippen LogP contribution in [0.4, 0.5) is 20.2 Å². The van der Waals surface area contributed by atoms with Crippen LogP contribution in [0, 0.1) is 11.6 Å². The minimum Gasteiger partial charge on any atom is -0.399 e. The fourth-order valence-electron chi connectivity index (χ4n) is 1.49. The Hall–Kier alpha value is -1.95. The fraction of sp³-hybridized carbons (Fsp3) is 0. The van der Waals surface area contributed by atoms with Gasteiger partial charge in [0.05, 0.1) is 11.3 Å². The maximum Gasteiger partial charge on any atom is 0.256 e. The van der Waals surface area contributed by atoms with Crippen molar-refractivity contribution in [1.29, 1.82) is 0 Å². The minimum absolute atomic E-state index is 0.0182. The predicted molar refractivity (Wildman–Crippen MR) is 72.9 cm³/mol. The first kappa shape index (κ1) is 13.5. The van der Waals surface area contributed by atoms with Gasteiger partial charge in [0.2, 0.25) is 0 Å². The van der Waals surface area contributed by atoms with Crippen molar-refractivity contribution in [3.63, 3.8) is 0 Å². The van der Waals surface area contributed by atoms with Crippen molar-refractivity contribution in [3.05, 3.63) is 58.1 Å². The van der Waals surface area contributed by atoms with Crippen LogP contribution in [0.25, 0.3) is 0 Å². The summed E-state index contributed by atoms with van der Waals surface area (Å²) in [6, 6.07) is 7.58. The molecule has 0 heterocycles. The fourth-order valence-corrected chi connectivity index (χ4v) is 1.92. The van der Waals surface area contributed by atoms with Crippen molar-refractivity contribution >= 4 is 33.2 Å². The molecule has 0 aromatic heterocycles. The second-order valence-electron chi connectivity index (χ2n) is 3.82. The highest BCUT2D eigenvalue weighted by molar-refractivity contribution is 9.10. The Balaban J connectivity index is 2.28. The first-order valence-corrected chi connectivity index (χ1v) is 6.08. The van der Waals surface area contributed by atoms with E-state index in [2.05, 4.69) is 21.2 Å². The van der Waals surface area contributed by atoms with Crippen molar-refractivity contribution in [2.24, 2.45) is 0 Å². The zero-order valence-corrected chi connectivity index (χ0v) is 11.2. The van der Waals surface area contributed by atoms with E-state index < -0.39 is 17.5 Å². The zero-order valence-electron chi connectivity index (χ0n) is 9.58. The molecule has 0 atom stereocenters.